The Bertz CT molecular complexity index is 1430. The number of aryl methyl sites for hydroxylation is 1. The van der Waals surface area contributed by atoms with Gasteiger partial charge in [-0.1, -0.05) is 46.3 Å². The molecule has 5 rings (SSSR count). The normalized spacial score (nSPS) is 17.1. The molecule has 0 aliphatic carbocycles. The standard InChI is InChI=1S/C28H20BrNO4S/c1-17-4-2-5-22(16-17)34-21-13-11-20(12-14-21)30-25(23-6-3-15-35-23)24(27(32)28(30)33)26(31)18-7-9-19(29)10-8-18/h2-16,25,31H,1H3/b26-24-. The first kappa shape index (κ1) is 23.1. The zero-order chi connectivity index (χ0) is 24.5. The quantitative estimate of drug-likeness (QED) is 0.163. The van der Waals surface area contributed by atoms with Crippen LogP contribution in [0.15, 0.2) is 100 Å². The lowest BCUT2D eigenvalue weighted by Gasteiger charge is -2.24. The number of thiophene rings is 1. The van der Waals surface area contributed by atoms with Crippen LogP contribution in [0.1, 0.15) is 22.0 Å². The van der Waals surface area contributed by atoms with Crippen LogP contribution in [-0.2, 0) is 9.59 Å². The van der Waals surface area contributed by atoms with Crippen LogP contribution in [0.4, 0.5) is 5.69 Å². The fourth-order valence-electron chi connectivity index (χ4n) is 4.07. The Kier molecular flexibility index (Phi) is 6.28. The number of Topliss-reactive ketones (excluding diaryl/α,β-unsaturated/α-hetero) is 1. The molecule has 1 unspecified atom stereocenters. The molecule has 1 saturated heterocycles. The van der Waals surface area contributed by atoms with Gasteiger partial charge in [0.05, 0.1) is 5.57 Å². The summed E-state index contributed by atoms with van der Waals surface area (Å²) < 4.78 is 6.77. The Hall–Kier alpha value is -3.68. The summed E-state index contributed by atoms with van der Waals surface area (Å²) >= 11 is 4.80. The number of hydrogen-bond donors (Lipinski definition) is 1. The number of benzene rings is 3. The fourth-order valence-corrected chi connectivity index (χ4v) is 5.16. The summed E-state index contributed by atoms with van der Waals surface area (Å²) in [6.45, 7) is 1.99. The molecule has 4 aromatic rings. The van der Waals surface area contributed by atoms with Crippen molar-refractivity contribution in [1.29, 1.82) is 0 Å². The molecule has 7 heteroatoms. The van der Waals surface area contributed by atoms with E-state index in [2.05, 4.69) is 15.9 Å². The molecule has 1 amide bonds. The topological polar surface area (TPSA) is 66.8 Å². The molecule has 0 saturated carbocycles. The van der Waals surface area contributed by atoms with Gasteiger partial charge in [0.2, 0.25) is 0 Å². The highest BCUT2D eigenvalue weighted by Gasteiger charge is 2.47. The molecule has 0 spiro atoms. The third-order valence-corrected chi connectivity index (χ3v) is 7.17. The van der Waals surface area contributed by atoms with E-state index >= 15 is 0 Å². The molecule has 174 valence electrons. The van der Waals surface area contributed by atoms with E-state index < -0.39 is 17.7 Å². The molecule has 0 bridgehead atoms. The maximum atomic E-state index is 13.2. The Balaban J connectivity index is 1.54. The van der Waals surface area contributed by atoms with Crippen LogP contribution in [0.2, 0.25) is 0 Å². The van der Waals surface area contributed by atoms with Crippen LogP contribution in [0, 0.1) is 6.92 Å². The Morgan fingerprint density at radius 1 is 0.943 bits per heavy atom. The van der Waals surface area contributed by atoms with Crippen LogP contribution in [-0.4, -0.2) is 16.8 Å². The fraction of sp³-hybridized carbons (Fsp3) is 0.0714. The van der Waals surface area contributed by atoms with Gasteiger partial charge < -0.3 is 9.84 Å². The summed E-state index contributed by atoms with van der Waals surface area (Å²) in [5, 5.41) is 13.0. The lowest BCUT2D eigenvalue weighted by Crippen LogP contribution is -2.29. The van der Waals surface area contributed by atoms with Crippen molar-refractivity contribution in [1.82, 2.24) is 0 Å². The smallest absolute Gasteiger partial charge is 0.300 e. The van der Waals surface area contributed by atoms with Crippen molar-refractivity contribution in [3.05, 3.63) is 116 Å². The van der Waals surface area contributed by atoms with E-state index in [-0.39, 0.29) is 11.3 Å². The average molecular weight is 546 g/mol. The molecule has 1 N–H and O–H groups in total. The van der Waals surface area contributed by atoms with Gasteiger partial charge >= 0.3 is 0 Å². The van der Waals surface area contributed by atoms with Crippen molar-refractivity contribution in [3.8, 4) is 11.5 Å². The summed E-state index contributed by atoms with van der Waals surface area (Å²) in [6, 6.07) is 24.7. The molecule has 1 aromatic heterocycles. The zero-order valence-corrected chi connectivity index (χ0v) is 21.0. The average Bonchev–Trinajstić information content (AvgIpc) is 3.47. The van der Waals surface area contributed by atoms with Crippen molar-refractivity contribution in [2.75, 3.05) is 4.90 Å². The van der Waals surface area contributed by atoms with Gasteiger partial charge in [0.1, 0.15) is 23.3 Å². The molecule has 0 radical (unpaired) electrons. The first-order valence-electron chi connectivity index (χ1n) is 10.9. The molecular formula is C28H20BrNO4S. The number of anilines is 1. The summed E-state index contributed by atoms with van der Waals surface area (Å²) in [5.74, 6) is -0.278. The van der Waals surface area contributed by atoms with Gasteiger partial charge in [0.25, 0.3) is 11.7 Å². The van der Waals surface area contributed by atoms with Crippen molar-refractivity contribution in [3.63, 3.8) is 0 Å². The maximum absolute atomic E-state index is 13.2. The third kappa shape index (κ3) is 4.52. The molecule has 1 aliphatic heterocycles. The number of nitrogens with zero attached hydrogens (tertiary/aromatic N) is 1. The monoisotopic (exact) mass is 545 g/mol. The van der Waals surface area contributed by atoms with Gasteiger partial charge in [-0.05, 0) is 72.5 Å². The van der Waals surface area contributed by atoms with Gasteiger partial charge in [-0.2, -0.15) is 0 Å². The van der Waals surface area contributed by atoms with E-state index in [1.54, 1.807) is 48.5 Å². The molecule has 2 heterocycles. The molecule has 5 nitrogen and oxygen atoms in total. The number of carbonyl (C=O) groups is 2. The summed E-state index contributed by atoms with van der Waals surface area (Å²) in [5.41, 5.74) is 2.16. The molecule has 35 heavy (non-hydrogen) atoms. The summed E-state index contributed by atoms with van der Waals surface area (Å²) in [7, 11) is 0. The van der Waals surface area contributed by atoms with Gasteiger partial charge in [-0.25, -0.2) is 0 Å². The summed E-state index contributed by atoms with van der Waals surface area (Å²) in [4.78, 5) is 28.6. The molecule has 1 fully saturated rings. The first-order valence-corrected chi connectivity index (χ1v) is 12.5. The second kappa shape index (κ2) is 9.52. The van der Waals surface area contributed by atoms with E-state index in [1.807, 2.05) is 48.7 Å². The van der Waals surface area contributed by atoms with Gasteiger partial charge in [0, 0.05) is 20.6 Å². The van der Waals surface area contributed by atoms with Crippen molar-refractivity contribution >= 4 is 50.4 Å². The number of ether oxygens (including phenoxy) is 1. The Labute approximate surface area is 215 Å². The predicted octanol–water partition coefficient (Wildman–Crippen LogP) is 7.24. The van der Waals surface area contributed by atoms with Crippen molar-refractivity contribution in [2.45, 2.75) is 13.0 Å². The SMILES string of the molecule is Cc1cccc(Oc2ccc(N3C(=O)C(=O)/C(=C(\O)c4ccc(Br)cc4)C3c3cccs3)cc2)c1. The van der Waals surface area contributed by atoms with E-state index in [1.165, 1.54) is 16.2 Å². The van der Waals surface area contributed by atoms with Crippen molar-refractivity contribution < 1.29 is 19.4 Å². The molecule has 1 atom stereocenters. The minimum atomic E-state index is -0.734. The van der Waals surface area contributed by atoms with Crippen LogP contribution in [0.25, 0.3) is 5.76 Å². The number of aliphatic hydroxyl groups excluding tert-OH is 1. The van der Waals surface area contributed by atoms with Crippen molar-refractivity contribution in [2.24, 2.45) is 0 Å². The second-order valence-electron chi connectivity index (χ2n) is 8.10. The number of rotatable bonds is 5. The summed E-state index contributed by atoms with van der Waals surface area (Å²) in [6.07, 6.45) is 0. The molecule has 3 aromatic carbocycles. The van der Waals surface area contributed by atoms with Gasteiger partial charge in [0.15, 0.2) is 0 Å². The highest BCUT2D eigenvalue weighted by Crippen LogP contribution is 2.44. The largest absolute Gasteiger partial charge is 0.507 e. The Morgan fingerprint density at radius 3 is 2.34 bits per heavy atom. The lowest BCUT2D eigenvalue weighted by molar-refractivity contribution is -0.132. The number of aliphatic hydroxyl groups is 1. The number of carbonyl (C=O) groups excluding carboxylic acids is 2. The number of amides is 1. The number of ketones is 1. The van der Waals surface area contributed by atoms with E-state index in [0.29, 0.717) is 22.7 Å². The first-order chi connectivity index (χ1) is 16.9. The van der Waals surface area contributed by atoms with E-state index in [0.717, 1.165) is 14.9 Å². The van der Waals surface area contributed by atoms with Crippen LogP contribution < -0.4 is 9.64 Å². The number of halogens is 1. The highest BCUT2D eigenvalue weighted by atomic mass is 79.9. The second-order valence-corrected chi connectivity index (χ2v) is 10.00. The van der Waals surface area contributed by atoms with Gasteiger partial charge in [-0.3, -0.25) is 14.5 Å². The van der Waals surface area contributed by atoms with E-state index in [4.69, 9.17) is 4.74 Å². The number of hydrogen-bond acceptors (Lipinski definition) is 5. The predicted molar refractivity (Wildman–Crippen MR) is 141 cm³/mol. The van der Waals surface area contributed by atoms with Crippen LogP contribution in [0.3, 0.4) is 0 Å². The van der Waals surface area contributed by atoms with Gasteiger partial charge in [-0.15, -0.1) is 11.3 Å². The van der Waals surface area contributed by atoms with Crippen LogP contribution >= 0.6 is 27.3 Å². The minimum Gasteiger partial charge on any atom is -0.507 e. The molecule has 1 aliphatic rings. The Morgan fingerprint density at radius 2 is 1.69 bits per heavy atom. The van der Waals surface area contributed by atoms with Crippen LogP contribution in [0.5, 0.6) is 11.5 Å². The minimum absolute atomic E-state index is 0.0693. The van der Waals surface area contributed by atoms with E-state index in [9.17, 15) is 14.7 Å². The molecular weight excluding hydrogens is 526 g/mol. The maximum Gasteiger partial charge on any atom is 0.300 e. The third-order valence-electron chi connectivity index (χ3n) is 5.71. The zero-order valence-electron chi connectivity index (χ0n) is 18.6. The highest BCUT2D eigenvalue weighted by molar-refractivity contribution is 9.10. The lowest BCUT2D eigenvalue weighted by atomic mass is 10.00.